The van der Waals surface area contributed by atoms with Gasteiger partial charge in [0.1, 0.15) is 13.2 Å². The van der Waals surface area contributed by atoms with Gasteiger partial charge in [-0.1, -0.05) is 6.92 Å². The van der Waals surface area contributed by atoms with E-state index in [-0.39, 0.29) is 12.6 Å². The van der Waals surface area contributed by atoms with E-state index in [9.17, 15) is 10.0 Å². The molecule has 4 nitrogen and oxygen atoms in total. The number of quaternary nitrogens is 1. The lowest BCUT2D eigenvalue weighted by Crippen LogP contribution is -2.37. The lowest BCUT2D eigenvalue weighted by Gasteiger charge is -2.33. The van der Waals surface area contributed by atoms with Crippen molar-refractivity contribution in [3.63, 3.8) is 0 Å². The van der Waals surface area contributed by atoms with Crippen LogP contribution in [0.4, 0.5) is 0 Å². The Kier molecular flexibility index (Phi) is 4.55. The smallest absolute Gasteiger partial charge is 0.311 e. The minimum atomic E-state index is -0.444. The first kappa shape index (κ1) is 13.4. The first-order chi connectivity index (χ1) is 6.19. The van der Waals surface area contributed by atoms with E-state index in [4.69, 9.17) is 4.74 Å². The molecule has 0 fully saturated rings. The van der Waals surface area contributed by atoms with Crippen LogP contribution >= 0.6 is 0 Å². The summed E-state index contributed by atoms with van der Waals surface area (Å²) in [6.07, 6.45) is 0.738. The summed E-state index contributed by atoms with van der Waals surface area (Å²) in [5.74, 6) is -0.228. The van der Waals surface area contributed by atoms with Crippen molar-refractivity contribution in [1.82, 2.24) is 0 Å². The summed E-state index contributed by atoms with van der Waals surface area (Å²) in [5, 5.41) is 11.2. The molecule has 84 valence electrons. The zero-order valence-corrected chi connectivity index (χ0v) is 9.79. The molecule has 0 bridgehead atoms. The van der Waals surface area contributed by atoms with Crippen molar-refractivity contribution in [1.29, 1.82) is 0 Å². The zero-order valence-electron chi connectivity index (χ0n) is 9.79. The molecule has 0 radical (unpaired) electrons. The van der Waals surface area contributed by atoms with Crippen LogP contribution < -0.4 is 0 Å². The molecule has 0 unspecified atom stereocenters. The number of hydrogen-bond donors (Lipinski definition) is 0. The van der Waals surface area contributed by atoms with Crippen molar-refractivity contribution in [2.45, 2.75) is 27.2 Å². The van der Waals surface area contributed by atoms with Crippen molar-refractivity contribution in [2.75, 3.05) is 27.2 Å². The number of carbonyl (C=O) groups excluding carboxylic acids is 1. The van der Waals surface area contributed by atoms with Gasteiger partial charge in [0.15, 0.2) is 0 Å². The molecular weight excluding hydrogens is 182 g/mol. The van der Waals surface area contributed by atoms with Gasteiger partial charge in [-0.25, -0.2) is 0 Å². The van der Waals surface area contributed by atoms with Gasteiger partial charge in [-0.3, -0.25) is 4.79 Å². The Morgan fingerprint density at radius 2 is 1.93 bits per heavy atom. The van der Waals surface area contributed by atoms with Crippen molar-refractivity contribution in [3.05, 3.63) is 5.21 Å². The van der Waals surface area contributed by atoms with Gasteiger partial charge in [-0.05, 0) is 20.3 Å². The van der Waals surface area contributed by atoms with Gasteiger partial charge in [0.2, 0.25) is 0 Å². The Labute approximate surface area is 86.0 Å². The predicted octanol–water partition coefficient (Wildman–Crippen LogP) is 1.54. The molecule has 0 aliphatic rings. The largest absolute Gasteiger partial charge is 0.633 e. The second kappa shape index (κ2) is 4.75. The lowest BCUT2D eigenvalue weighted by molar-refractivity contribution is -0.840. The molecule has 0 heterocycles. The fourth-order valence-corrected chi connectivity index (χ4v) is 0.698. The van der Waals surface area contributed by atoms with Gasteiger partial charge >= 0.3 is 5.97 Å². The van der Waals surface area contributed by atoms with E-state index in [1.165, 1.54) is 14.1 Å². The molecule has 0 aliphatic heterocycles. The maximum absolute atomic E-state index is 11.5. The highest BCUT2D eigenvalue weighted by atomic mass is 16.6. The Morgan fingerprint density at radius 3 is 2.29 bits per heavy atom. The Bertz CT molecular complexity index is 194. The minimum Gasteiger partial charge on any atom is -0.633 e. The highest BCUT2D eigenvalue weighted by molar-refractivity contribution is 5.75. The summed E-state index contributed by atoms with van der Waals surface area (Å²) >= 11 is 0. The third-order valence-electron chi connectivity index (χ3n) is 2.30. The molecule has 0 aromatic heterocycles. The normalized spacial score (nSPS) is 12.7. The molecule has 0 aromatic rings. The van der Waals surface area contributed by atoms with Crippen molar-refractivity contribution >= 4 is 5.97 Å². The molecule has 0 saturated heterocycles. The van der Waals surface area contributed by atoms with Crippen molar-refractivity contribution in [3.8, 4) is 0 Å². The number of ether oxygens (including phenoxy) is 1. The number of esters is 1. The van der Waals surface area contributed by atoms with E-state index in [2.05, 4.69) is 0 Å². The molecule has 0 aromatic carbocycles. The molecule has 0 saturated carbocycles. The Morgan fingerprint density at radius 1 is 1.43 bits per heavy atom. The maximum atomic E-state index is 11.5. The first-order valence-electron chi connectivity index (χ1n) is 4.90. The van der Waals surface area contributed by atoms with Gasteiger partial charge in [0.05, 0.1) is 19.5 Å². The molecule has 0 atom stereocenters. The second-order valence-corrected chi connectivity index (χ2v) is 4.67. The van der Waals surface area contributed by atoms with Gasteiger partial charge in [-0.2, -0.15) is 0 Å². The summed E-state index contributed by atoms with van der Waals surface area (Å²) in [6, 6.07) is 0. The van der Waals surface area contributed by atoms with Crippen LogP contribution in [0.3, 0.4) is 0 Å². The van der Waals surface area contributed by atoms with Crippen LogP contribution in [0.25, 0.3) is 0 Å². The average Bonchev–Trinajstić information content (AvgIpc) is 2.02. The number of likely N-dealkylation sites (N-methyl/N-ethyl adjacent to an activating group) is 1. The quantitative estimate of drug-likeness (QED) is 0.387. The number of carbonyl (C=O) groups is 1. The summed E-state index contributed by atoms with van der Waals surface area (Å²) in [6.45, 7) is 6.11. The monoisotopic (exact) mass is 203 g/mol. The number of rotatable bonds is 5. The Hall–Kier alpha value is -0.610. The highest BCUT2D eigenvalue weighted by Gasteiger charge is 2.27. The van der Waals surface area contributed by atoms with Gasteiger partial charge in [0, 0.05) is 0 Å². The van der Waals surface area contributed by atoms with Crippen LogP contribution in [0.15, 0.2) is 0 Å². The van der Waals surface area contributed by atoms with Crippen molar-refractivity contribution < 1.29 is 14.2 Å². The summed E-state index contributed by atoms with van der Waals surface area (Å²) < 4.78 is 4.59. The first-order valence-corrected chi connectivity index (χ1v) is 4.90. The third kappa shape index (κ3) is 5.19. The van der Waals surface area contributed by atoms with E-state index in [0.29, 0.717) is 6.54 Å². The molecule has 0 spiro atoms. The standard InChI is InChI=1S/C10H21NO3/c1-6-10(2,3)9(12)14-8-7-11(4,5)13/h6-8H2,1-5H3. The van der Waals surface area contributed by atoms with Crippen LogP contribution in [-0.2, 0) is 9.53 Å². The predicted molar refractivity (Wildman–Crippen MR) is 55.4 cm³/mol. The molecular formula is C10H21NO3. The Balaban J connectivity index is 3.87. The second-order valence-electron chi connectivity index (χ2n) is 4.67. The van der Waals surface area contributed by atoms with E-state index < -0.39 is 10.1 Å². The fraction of sp³-hybridized carbons (Fsp3) is 0.900. The molecule has 0 aliphatic carbocycles. The molecule has 0 rings (SSSR count). The van der Waals surface area contributed by atoms with Crippen molar-refractivity contribution in [2.24, 2.45) is 5.41 Å². The van der Waals surface area contributed by atoms with Gasteiger partial charge < -0.3 is 14.6 Å². The number of nitrogens with zero attached hydrogens (tertiary/aromatic N) is 1. The van der Waals surface area contributed by atoms with Crippen LogP contribution in [0.2, 0.25) is 0 Å². The maximum Gasteiger partial charge on any atom is 0.311 e. The van der Waals surface area contributed by atoms with E-state index in [1.807, 2.05) is 20.8 Å². The SMILES string of the molecule is CCC(C)(C)C(=O)OCC[N+](C)(C)[O-]. The lowest BCUT2D eigenvalue weighted by atomic mass is 9.91. The molecule has 4 heteroatoms. The molecule has 0 amide bonds. The third-order valence-corrected chi connectivity index (χ3v) is 2.30. The average molecular weight is 203 g/mol. The molecule has 14 heavy (non-hydrogen) atoms. The van der Waals surface area contributed by atoms with Gasteiger partial charge in [0.25, 0.3) is 0 Å². The summed E-state index contributed by atoms with van der Waals surface area (Å²) in [7, 11) is 3.05. The zero-order chi connectivity index (χ0) is 11.4. The van der Waals surface area contributed by atoms with E-state index in [1.54, 1.807) is 0 Å². The summed E-state index contributed by atoms with van der Waals surface area (Å²) in [4.78, 5) is 11.5. The topological polar surface area (TPSA) is 49.4 Å². The van der Waals surface area contributed by atoms with Crippen LogP contribution in [-0.4, -0.2) is 37.9 Å². The van der Waals surface area contributed by atoms with Crippen LogP contribution in [0.1, 0.15) is 27.2 Å². The van der Waals surface area contributed by atoms with Crippen LogP contribution in [0, 0.1) is 10.6 Å². The van der Waals surface area contributed by atoms with E-state index >= 15 is 0 Å². The minimum absolute atomic E-state index is 0.193. The highest BCUT2D eigenvalue weighted by Crippen LogP contribution is 2.21. The van der Waals surface area contributed by atoms with Gasteiger partial charge in [-0.15, -0.1) is 0 Å². The summed E-state index contributed by atoms with van der Waals surface area (Å²) in [5.41, 5.74) is -0.444. The van der Waals surface area contributed by atoms with Crippen LogP contribution in [0.5, 0.6) is 0 Å². The van der Waals surface area contributed by atoms with E-state index in [0.717, 1.165) is 6.42 Å². The number of hydroxylamine groups is 3. The molecule has 0 N–H and O–H groups in total. The number of hydrogen-bond acceptors (Lipinski definition) is 3. The fourth-order valence-electron chi connectivity index (χ4n) is 0.698.